The van der Waals surface area contributed by atoms with Gasteiger partial charge in [-0.15, -0.1) is 0 Å². The van der Waals surface area contributed by atoms with Crippen LogP contribution in [0.4, 0.5) is 10.8 Å². The third-order valence-corrected chi connectivity index (χ3v) is 4.95. The number of amides is 2. The Kier molecular flexibility index (Phi) is 4.17. The molecule has 3 rings (SSSR count). The third kappa shape index (κ3) is 3.27. The molecule has 6 heteroatoms. The molecule has 0 saturated carbocycles. The maximum atomic E-state index is 12.5. The van der Waals surface area contributed by atoms with Crippen molar-refractivity contribution in [3.8, 4) is 0 Å². The molecule has 1 N–H and O–H groups in total. The molecule has 5 nitrogen and oxygen atoms in total. The van der Waals surface area contributed by atoms with E-state index in [1.807, 2.05) is 26.0 Å². The third-order valence-electron chi connectivity index (χ3n) is 3.78. The molecule has 0 radical (unpaired) electrons. The molecule has 0 atom stereocenters. The predicted octanol–water partition coefficient (Wildman–Crippen LogP) is 3.45. The average Bonchev–Trinajstić information content (AvgIpc) is 3.03. The van der Waals surface area contributed by atoms with Gasteiger partial charge in [-0.25, -0.2) is 4.98 Å². The number of aryl methyl sites for hydroxylation is 3. The smallest absolute Gasteiger partial charge is 0.267 e. The number of hydrogen-bond donors (Lipinski definition) is 1. The van der Waals surface area contributed by atoms with E-state index in [2.05, 4.69) is 16.4 Å². The number of anilines is 2. The lowest BCUT2D eigenvalue weighted by atomic mass is 10.1. The first-order valence-corrected chi connectivity index (χ1v) is 8.43. The Morgan fingerprint density at radius 1 is 1.22 bits per heavy atom. The molecule has 1 fully saturated rings. The number of carbonyl (C=O) groups excluding carboxylic acids is 2. The number of thiazole rings is 1. The van der Waals surface area contributed by atoms with Gasteiger partial charge in [0.2, 0.25) is 5.91 Å². The van der Waals surface area contributed by atoms with Gasteiger partial charge in [-0.2, -0.15) is 0 Å². The largest absolute Gasteiger partial charge is 0.321 e. The van der Waals surface area contributed by atoms with Crippen LogP contribution in [0.1, 0.15) is 39.3 Å². The van der Waals surface area contributed by atoms with Crippen molar-refractivity contribution in [3.63, 3.8) is 0 Å². The molecule has 2 amide bonds. The average molecular weight is 329 g/mol. The number of carbonyl (C=O) groups is 2. The monoisotopic (exact) mass is 329 g/mol. The Labute approximate surface area is 139 Å². The van der Waals surface area contributed by atoms with E-state index in [1.165, 1.54) is 11.3 Å². The highest BCUT2D eigenvalue weighted by molar-refractivity contribution is 7.18. The molecule has 23 heavy (non-hydrogen) atoms. The minimum Gasteiger partial charge on any atom is -0.321 e. The van der Waals surface area contributed by atoms with Gasteiger partial charge in [0.25, 0.3) is 5.91 Å². The summed E-state index contributed by atoms with van der Waals surface area (Å²) in [5.41, 5.74) is 3.64. The molecule has 0 unspecified atom stereocenters. The molecule has 0 spiro atoms. The summed E-state index contributed by atoms with van der Waals surface area (Å²) >= 11 is 1.28. The molecular formula is C17H19N3O2S. The summed E-state index contributed by atoms with van der Waals surface area (Å²) in [5.74, 6) is -0.0945. The van der Waals surface area contributed by atoms with Crippen molar-refractivity contribution in [1.82, 2.24) is 4.98 Å². The molecule has 0 aliphatic carbocycles. The standard InChI is InChI=1S/C17H19N3O2S/c1-10-7-11(2)9-13(8-10)19-16(22)15-12(3)18-17(23-15)20-6-4-5-14(20)21/h7-9H,4-6H2,1-3H3,(H,19,22). The highest BCUT2D eigenvalue weighted by Crippen LogP contribution is 2.30. The number of hydrogen-bond acceptors (Lipinski definition) is 4. The summed E-state index contributed by atoms with van der Waals surface area (Å²) in [4.78, 5) is 31.0. The van der Waals surface area contributed by atoms with Crippen molar-refractivity contribution in [1.29, 1.82) is 0 Å². The van der Waals surface area contributed by atoms with E-state index < -0.39 is 0 Å². The summed E-state index contributed by atoms with van der Waals surface area (Å²) in [7, 11) is 0. The van der Waals surface area contributed by atoms with Crippen molar-refractivity contribution in [3.05, 3.63) is 39.9 Å². The van der Waals surface area contributed by atoms with Crippen molar-refractivity contribution >= 4 is 34.0 Å². The molecule has 1 aromatic heterocycles. The summed E-state index contributed by atoms with van der Waals surface area (Å²) in [6, 6.07) is 5.93. The van der Waals surface area contributed by atoms with Crippen molar-refractivity contribution in [2.24, 2.45) is 0 Å². The van der Waals surface area contributed by atoms with Crippen LogP contribution in [0.25, 0.3) is 0 Å². The first-order valence-electron chi connectivity index (χ1n) is 7.61. The van der Waals surface area contributed by atoms with Crippen LogP contribution >= 0.6 is 11.3 Å². The molecule has 0 bridgehead atoms. The van der Waals surface area contributed by atoms with Gasteiger partial charge in [0.1, 0.15) is 4.88 Å². The van der Waals surface area contributed by atoms with Gasteiger partial charge < -0.3 is 5.32 Å². The Balaban J connectivity index is 1.82. The topological polar surface area (TPSA) is 62.3 Å². The zero-order chi connectivity index (χ0) is 16.6. The Morgan fingerprint density at radius 2 is 1.91 bits per heavy atom. The maximum absolute atomic E-state index is 12.5. The molecule has 1 aliphatic rings. The summed E-state index contributed by atoms with van der Waals surface area (Å²) in [6.45, 7) is 6.48. The zero-order valence-electron chi connectivity index (χ0n) is 13.5. The number of nitrogens with zero attached hydrogens (tertiary/aromatic N) is 2. The molecule has 2 aromatic rings. The Hall–Kier alpha value is -2.21. The SMILES string of the molecule is Cc1cc(C)cc(NC(=O)c2sc(N3CCCC3=O)nc2C)c1. The fourth-order valence-corrected chi connectivity index (χ4v) is 3.80. The summed E-state index contributed by atoms with van der Waals surface area (Å²) in [5, 5.41) is 3.54. The first kappa shape index (κ1) is 15.7. The second-order valence-corrected chi connectivity index (χ2v) is 6.87. The molecule has 1 aromatic carbocycles. The lowest BCUT2D eigenvalue weighted by Gasteiger charge is -2.10. The lowest BCUT2D eigenvalue weighted by Crippen LogP contribution is -2.23. The van der Waals surface area contributed by atoms with Crippen LogP contribution in [0.3, 0.4) is 0 Å². The predicted molar refractivity (Wildman–Crippen MR) is 92.3 cm³/mol. The highest BCUT2D eigenvalue weighted by atomic mass is 32.1. The van der Waals surface area contributed by atoms with Crippen LogP contribution in [-0.2, 0) is 4.79 Å². The number of benzene rings is 1. The maximum Gasteiger partial charge on any atom is 0.267 e. The van der Waals surface area contributed by atoms with Gasteiger partial charge in [0.15, 0.2) is 5.13 Å². The van der Waals surface area contributed by atoms with Crippen LogP contribution in [0, 0.1) is 20.8 Å². The first-order chi connectivity index (χ1) is 10.9. The minimum absolute atomic E-state index is 0.0833. The molecule has 1 aliphatic heterocycles. The summed E-state index contributed by atoms with van der Waals surface area (Å²) < 4.78 is 0. The number of aromatic nitrogens is 1. The van der Waals surface area contributed by atoms with Crippen LogP contribution in [-0.4, -0.2) is 23.3 Å². The molecular weight excluding hydrogens is 310 g/mol. The molecule has 1 saturated heterocycles. The second-order valence-electron chi connectivity index (χ2n) is 5.89. The van der Waals surface area contributed by atoms with E-state index in [0.29, 0.717) is 28.7 Å². The fourth-order valence-electron chi connectivity index (χ4n) is 2.79. The highest BCUT2D eigenvalue weighted by Gasteiger charge is 2.26. The second kappa shape index (κ2) is 6.12. The van der Waals surface area contributed by atoms with Gasteiger partial charge in [0, 0.05) is 18.7 Å². The van der Waals surface area contributed by atoms with Crippen molar-refractivity contribution in [2.75, 3.05) is 16.8 Å². The van der Waals surface area contributed by atoms with Gasteiger partial charge in [-0.05, 0) is 50.5 Å². The van der Waals surface area contributed by atoms with E-state index in [1.54, 1.807) is 11.8 Å². The van der Waals surface area contributed by atoms with Gasteiger partial charge in [-0.1, -0.05) is 17.4 Å². The Bertz CT molecular complexity index is 762. The van der Waals surface area contributed by atoms with E-state index in [-0.39, 0.29) is 11.8 Å². The van der Waals surface area contributed by atoms with Crippen molar-refractivity contribution in [2.45, 2.75) is 33.6 Å². The van der Waals surface area contributed by atoms with E-state index >= 15 is 0 Å². The molecule has 120 valence electrons. The quantitative estimate of drug-likeness (QED) is 0.938. The van der Waals surface area contributed by atoms with E-state index in [0.717, 1.165) is 23.2 Å². The van der Waals surface area contributed by atoms with Crippen LogP contribution in [0.15, 0.2) is 18.2 Å². The van der Waals surface area contributed by atoms with E-state index in [9.17, 15) is 9.59 Å². The summed E-state index contributed by atoms with van der Waals surface area (Å²) in [6.07, 6.45) is 1.41. The van der Waals surface area contributed by atoms with Crippen LogP contribution in [0.2, 0.25) is 0 Å². The lowest BCUT2D eigenvalue weighted by molar-refractivity contribution is -0.117. The van der Waals surface area contributed by atoms with E-state index in [4.69, 9.17) is 0 Å². The normalized spacial score (nSPS) is 14.4. The van der Waals surface area contributed by atoms with Crippen molar-refractivity contribution < 1.29 is 9.59 Å². The fraction of sp³-hybridized carbons (Fsp3) is 0.353. The Morgan fingerprint density at radius 3 is 2.52 bits per heavy atom. The van der Waals surface area contributed by atoms with Crippen LogP contribution < -0.4 is 10.2 Å². The van der Waals surface area contributed by atoms with Gasteiger partial charge in [-0.3, -0.25) is 14.5 Å². The molecule has 2 heterocycles. The van der Waals surface area contributed by atoms with Crippen LogP contribution in [0.5, 0.6) is 0 Å². The number of nitrogens with one attached hydrogen (secondary N) is 1. The minimum atomic E-state index is -0.178. The van der Waals surface area contributed by atoms with Gasteiger partial charge in [0.05, 0.1) is 5.69 Å². The number of rotatable bonds is 3. The van der Waals surface area contributed by atoms with Gasteiger partial charge >= 0.3 is 0 Å². The zero-order valence-corrected chi connectivity index (χ0v) is 14.3.